The number of carbonyl (C=O) groups is 1. The number of nitrogens with zero attached hydrogens (tertiary/aromatic N) is 3. The summed E-state index contributed by atoms with van der Waals surface area (Å²) in [6, 6.07) is 8.19. The highest BCUT2D eigenvalue weighted by Gasteiger charge is 2.30. The third-order valence-corrected chi connectivity index (χ3v) is 2.61. The molecule has 2 N–H and O–H groups in total. The quantitative estimate of drug-likeness (QED) is 0.645. The van der Waals surface area contributed by atoms with Crippen LogP contribution in [0.2, 0.25) is 0 Å². The van der Waals surface area contributed by atoms with E-state index in [0.29, 0.717) is 0 Å². The van der Waals surface area contributed by atoms with Crippen LogP contribution in [0, 0.1) is 21.4 Å². The van der Waals surface area contributed by atoms with Gasteiger partial charge in [-0.25, -0.2) is 0 Å². The van der Waals surface area contributed by atoms with E-state index in [1.807, 2.05) is 6.07 Å². The number of aromatic nitrogens is 2. The van der Waals surface area contributed by atoms with Crippen molar-refractivity contribution in [2.24, 2.45) is 0 Å². The molecule has 1 aromatic carbocycles. The maximum atomic E-state index is 12.1. The van der Waals surface area contributed by atoms with Crippen LogP contribution in [0.3, 0.4) is 0 Å². The van der Waals surface area contributed by atoms with Gasteiger partial charge in [0.2, 0.25) is 5.69 Å². The number of aromatic amines is 1. The van der Waals surface area contributed by atoms with E-state index in [0.717, 1.165) is 0 Å². The Kier molecular flexibility index (Phi) is 3.80. The molecule has 0 spiro atoms. The lowest BCUT2D eigenvalue weighted by molar-refractivity contribution is -0.386. The summed E-state index contributed by atoms with van der Waals surface area (Å²) in [5.41, 5.74) is -0.443. The number of nitriles is 1. The predicted molar refractivity (Wildman–Crippen MR) is 70.9 cm³/mol. The van der Waals surface area contributed by atoms with Crippen molar-refractivity contribution < 1.29 is 14.5 Å². The summed E-state index contributed by atoms with van der Waals surface area (Å²) in [5.74, 6) is -1.08. The van der Waals surface area contributed by atoms with Gasteiger partial charge in [0.15, 0.2) is 0 Å². The topological polar surface area (TPSA) is 134 Å². The zero-order valence-corrected chi connectivity index (χ0v) is 10.8. The number of ether oxygens (including phenoxy) is 1. The van der Waals surface area contributed by atoms with Crippen LogP contribution in [-0.2, 0) is 0 Å². The van der Waals surface area contributed by atoms with Crippen molar-refractivity contribution in [1.82, 2.24) is 10.2 Å². The molecule has 1 aromatic heterocycles. The molecular weight excluding hydrogens is 278 g/mol. The number of hydrogen-bond donors (Lipinski definition) is 2. The molecule has 0 unspecified atom stereocenters. The highest BCUT2D eigenvalue weighted by Crippen LogP contribution is 2.28. The van der Waals surface area contributed by atoms with E-state index in [9.17, 15) is 14.9 Å². The number of methoxy groups -OCH3 is 1. The molecule has 0 aliphatic rings. The van der Waals surface area contributed by atoms with Gasteiger partial charge < -0.3 is 10.1 Å². The summed E-state index contributed by atoms with van der Waals surface area (Å²) in [4.78, 5) is 22.3. The van der Waals surface area contributed by atoms with Gasteiger partial charge in [0.25, 0.3) is 5.91 Å². The number of nitro groups is 1. The van der Waals surface area contributed by atoms with Crippen molar-refractivity contribution in [3.05, 3.63) is 45.6 Å². The number of nitrogens with one attached hydrogen (secondary N) is 2. The molecule has 2 rings (SSSR count). The molecule has 0 saturated carbocycles. The van der Waals surface area contributed by atoms with E-state index >= 15 is 0 Å². The number of carbonyl (C=O) groups excluding carboxylic acids is 1. The van der Waals surface area contributed by atoms with Crippen LogP contribution < -0.4 is 10.1 Å². The second kappa shape index (κ2) is 5.70. The molecular formula is C12H9N5O4. The van der Waals surface area contributed by atoms with Crippen LogP contribution >= 0.6 is 0 Å². The summed E-state index contributed by atoms with van der Waals surface area (Å²) in [6.07, 6.45) is 0. The molecule has 0 bridgehead atoms. The van der Waals surface area contributed by atoms with Gasteiger partial charge in [-0.1, -0.05) is 12.1 Å². The molecule has 9 nitrogen and oxygen atoms in total. The second-order valence-corrected chi connectivity index (χ2v) is 3.83. The standard InChI is InChI=1S/C12H9N5O4/c1-21-12-10(17(19)20)9(15-16-12)11(18)14-8-5-3-2-4-7(8)6-13/h2-5H,1H3,(H,14,18)(H,15,16). The van der Waals surface area contributed by atoms with Gasteiger partial charge in [-0.15, -0.1) is 5.10 Å². The monoisotopic (exact) mass is 287 g/mol. The van der Waals surface area contributed by atoms with Crippen molar-refractivity contribution in [2.45, 2.75) is 0 Å². The lowest BCUT2D eigenvalue weighted by atomic mass is 10.2. The number of para-hydroxylation sites is 1. The fourth-order valence-corrected chi connectivity index (χ4v) is 1.66. The Morgan fingerprint density at radius 1 is 1.52 bits per heavy atom. The Labute approximate surface area is 118 Å². The molecule has 0 atom stereocenters. The van der Waals surface area contributed by atoms with Crippen LogP contribution in [0.1, 0.15) is 16.1 Å². The highest BCUT2D eigenvalue weighted by atomic mass is 16.6. The predicted octanol–water partition coefficient (Wildman–Crippen LogP) is 1.45. The van der Waals surface area contributed by atoms with Gasteiger partial charge in [0.1, 0.15) is 6.07 Å². The van der Waals surface area contributed by atoms with E-state index in [4.69, 9.17) is 10.00 Å². The largest absolute Gasteiger partial charge is 0.475 e. The maximum Gasteiger partial charge on any atom is 0.362 e. The highest BCUT2D eigenvalue weighted by molar-refractivity contribution is 6.06. The van der Waals surface area contributed by atoms with E-state index in [-0.39, 0.29) is 22.8 Å². The molecule has 0 radical (unpaired) electrons. The van der Waals surface area contributed by atoms with Crippen molar-refractivity contribution in [3.63, 3.8) is 0 Å². The molecule has 0 aliphatic heterocycles. The molecule has 1 amide bonds. The van der Waals surface area contributed by atoms with Crippen molar-refractivity contribution in [1.29, 1.82) is 5.26 Å². The zero-order valence-electron chi connectivity index (χ0n) is 10.8. The van der Waals surface area contributed by atoms with Crippen LogP contribution in [0.4, 0.5) is 11.4 Å². The number of amides is 1. The summed E-state index contributed by atoms with van der Waals surface area (Å²) in [7, 11) is 1.20. The molecule has 1 heterocycles. The van der Waals surface area contributed by atoms with E-state index < -0.39 is 16.5 Å². The molecule has 2 aromatic rings. The molecule has 0 fully saturated rings. The lowest BCUT2D eigenvalue weighted by Gasteiger charge is -2.04. The lowest BCUT2D eigenvalue weighted by Crippen LogP contribution is -2.15. The first-order valence-corrected chi connectivity index (χ1v) is 5.65. The molecule has 21 heavy (non-hydrogen) atoms. The third kappa shape index (κ3) is 2.64. The summed E-state index contributed by atoms with van der Waals surface area (Å²) < 4.78 is 4.72. The van der Waals surface area contributed by atoms with Gasteiger partial charge in [-0.05, 0) is 12.1 Å². The summed E-state index contributed by atoms with van der Waals surface area (Å²) >= 11 is 0. The number of anilines is 1. The summed E-state index contributed by atoms with van der Waals surface area (Å²) in [6.45, 7) is 0. The van der Waals surface area contributed by atoms with Crippen LogP contribution in [-0.4, -0.2) is 28.1 Å². The van der Waals surface area contributed by atoms with Crippen LogP contribution in [0.25, 0.3) is 0 Å². The summed E-state index contributed by atoms with van der Waals surface area (Å²) in [5, 5.41) is 28.1. The average molecular weight is 287 g/mol. The van der Waals surface area contributed by atoms with Gasteiger partial charge in [0, 0.05) is 0 Å². The van der Waals surface area contributed by atoms with E-state index in [1.165, 1.54) is 19.2 Å². The normalized spacial score (nSPS) is 9.71. The minimum atomic E-state index is -0.791. The van der Waals surface area contributed by atoms with Crippen molar-refractivity contribution in [3.8, 4) is 11.9 Å². The van der Waals surface area contributed by atoms with Gasteiger partial charge in [0.05, 0.1) is 23.3 Å². The van der Waals surface area contributed by atoms with Gasteiger partial charge in [-0.2, -0.15) is 5.26 Å². The Hall–Kier alpha value is -3.41. The Balaban J connectivity index is 2.36. The Morgan fingerprint density at radius 2 is 2.24 bits per heavy atom. The first-order valence-electron chi connectivity index (χ1n) is 5.65. The minimum absolute atomic E-state index is 0.236. The van der Waals surface area contributed by atoms with Crippen LogP contribution in [0.5, 0.6) is 5.88 Å². The smallest absolute Gasteiger partial charge is 0.362 e. The number of rotatable bonds is 4. The van der Waals surface area contributed by atoms with Crippen molar-refractivity contribution in [2.75, 3.05) is 12.4 Å². The Bertz CT molecular complexity index is 746. The number of H-pyrrole nitrogens is 1. The van der Waals surface area contributed by atoms with Gasteiger partial charge in [-0.3, -0.25) is 20.0 Å². The van der Waals surface area contributed by atoms with Crippen LogP contribution in [0.15, 0.2) is 24.3 Å². The molecule has 0 aliphatic carbocycles. The Morgan fingerprint density at radius 3 is 2.86 bits per heavy atom. The van der Waals surface area contributed by atoms with Crippen molar-refractivity contribution >= 4 is 17.3 Å². The van der Waals surface area contributed by atoms with Gasteiger partial charge >= 0.3 is 11.6 Å². The number of benzene rings is 1. The fraction of sp³-hybridized carbons (Fsp3) is 0.0833. The zero-order chi connectivity index (χ0) is 15.4. The molecule has 0 saturated heterocycles. The first-order chi connectivity index (χ1) is 10.1. The SMILES string of the molecule is COc1n[nH]c(C(=O)Nc2ccccc2C#N)c1[N+](=O)[O-]. The minimum Gasteiger partial charge on any atom is -0.475 e. The number of hydrogen-bond acceptors (Lipinski definition) is 6. The fourth-order valence-electron chi connectivity index (χ4n) is 1.66. The molecule has 9 heteroatoms. The first kappa shape index (κ1) is 14.0. The third-order valence-electron chi connectivity index (χ3n) is 2.61. The second-order valence-electron chi connectivity index (χ2n) is 3.83. The van der Waals surface area contributed by atoms with E-state index in [1.54, 1.807) is 12.1 Å². The molecule has 106 valence electrons. The average Bonchev–Trinajstić information content (AvgIpc) is 2.92. The maximum absolute atomic E-state index is 12.1. The van der Waals surface area contributed by atoms with E-state index in [2.05, 4.69) is 15.5 Å².